The molecule has 11 heavy (non-hydrogen) atoms. The van der Waals surface area contributed by atoms with Gasteiger partial charge in [-0.1, -0.05) is 6.92 Å². The van der Waals surface area contributed by atoms with Gasteiger partial charge in [0, 0.05) is 12.6 Å². The van der Waals surface area contributed by atoms with Gasteiger partial charge < -0.3 is 10.6 Å². The van der Waals surface area contributed by atoms with E-state index < -0.39 is 0 Å². The summed E-state index contributed by atoms with van der Waals surface area (Å²) in [5.74, 6) is 1.99. The fourth-order valence-electron chi connectivity index (χ4n) is 1.83. The van der Waals surface area contributed by atoms with Crippen LogP contribution in [0.4, 0.5) is 0 Å². The summed E-state index contributed by atoms with van der Waals surface area (Å²) >= 11 is 0. The lowest BCUT2D eigenvalue weighted by Gasteiger charge is -2.09. The van der Waals surface area contributed by atoms with Gasteiger partial charge in [-0.3, -0.25) is 0 Å². The Bertz CT molecular complexity index is 130. The summed E-state index contributed by atoms with van der Waals surface area (Å²) in [5.41, 5.74) is 0. The number of hydrogen-bond acceptors (Lipinski definition) is 2. The lowest BCUT2D eigenvalue weighted by atomic mass is 10.2. The molecule has 2 fully saturated rings. The Morgan fingerprint density at radius 1 is 1.55 bits per heavy atom. The van der Waals surface area contributed by atoms with Crippen LogP contribution in [0.2, 0.25) is 0 Å². The third-order valence-electron chi connectivity index (χ3n) is 3.01. The van der Waals surface area contributed by atoms with Crippen molar-refractivity contribution in [3.05, 3.63) is 0 Å². The van der Waals surface area contributed by atoms with E-state index in [0.717, 1.165) is 17.9 Å². The van der Waals surface area contributed by atoms with Crippen LogP contribution in [0.3, 0.4) is 0 Å². The number of hydrogen-bond donors (Lipinski definition) is 2. The van der Waals surface area contributed by atoms with E-state index in [1.807, 2.05) is 0 Å². The Morgan fingerprint density at radius 3 is 2.91 bits per heavy atom. The molecule has 2 heteroatoms. The van der Waals surface area contributed by atoms with Crippen molar-refractivity contribution in [3.63, 3.8) is 0 Å². The van der Waals surface area contributed by atoms with Gasteiger partial charge in [-0.25, -0.2) is 0 Å². The highest BCUT2D eigenvalue weighted by atomic mass is 15.0. The first-order chi connectivity index (χ1) is 5.36. The predicted molar refractivity (Wildman–Crippen MR) is 46.5 cm³/mol. The minimum Gasteiger partial charge on any atom is -0.315 e. The van der Waals surface area contributed by atoms with Gasteiger partial charge >= 0.3 is 0 Å². The monoisotopic (exact) mass is 154 g/mol. The van der Waals surface area contributed by atoms with Crippen LogP contribution in [-0.4, -0.2) is 25.7 Å². The third-order valence-corrected chi connectivity index (χ3v) is 3.01. The summed E-state index contributed by atoms with van der Waals surface area (Å²) < 4.78 is 0. The van der Waals surface area contributed by atoms with Gasteiger partial charge in [-0.2, -0.15) is 0 Å². The Kier molecular flexibility index (Phi) is 2.14. The number of rotatable bonds is 3. The van der Waals surface area contributed by atoms with E-state index >= 15 is 0 Å². The van der Waals surface area contributed by atoms with E-state index in [2.05, 4.69) is 17.6 Å². The molecule has 2 rings (SSSR count). The average Bonchev–Trinajstić information content (AvgIpc) is 2.55. The highest BCUT2D eigenvalue weighted by molar-refractivity contribution is 4.86. The van der Waals surface area contributed by atoms with E-state index in [0.29, 0.717) is 0 Å². The van der Waals surface area contributed by atoms with Crippen molar-refractivity contribution in [2.45, 2.75) is 25.8 Å². The minimum absolute atomic E-state index is 0.766. The molecule has 1 aliphatic carbocycles. The fraction of sp³-hybridized carbons (Fsp3) is 1.00. The van der Waals surface area contributed by atoms with Crippen LogP contribution >= 0.6 is 0 Å². The molecule has 2 unspecified atom stereocenters. The molecule has 1 heterocycles. The second kappa shape index (κ2) is 3.11. The zero-order valence-electron chi connectivity index (χ0n) is 7.27. The van der Waals surface area contributed by atoms with Crippen molar-refractivity contribution in [3.8, 4) is 0 Å². The van der Waals surface area contributed by atoms with E-state index in [1.54, 1.807) is 0 Å². The minimum atomic E-state index is 0.766. The Hall–Kier alpha value is -0.0800. The van der Waals surface area contributed by atoms with Gasteiger partial charge in [-0.05, 0) is 37.8 Å². The van der Waals surface area contributed by atoms with E-state index in [4.69, 9.17) is 0 Å². The largest absolute Gasteiger partial charge is 0.315 e. The topological polar surface area (TPSA) is 24.1 Å². The van der Waals surface area contributed by atoms with Gasteiger partial charge in [-0.15, -0.1) is 0 Å². The van der Waals surface area contributed by atoms with Crippen LogP contribution in [-0.2, 0) is 0 Å². The molecule has 0 aromatic carbocycles. The van der Waals surface area contributed by atoms with Gasteiger partial charge in [0.25, 0.3) is 0 Å². The van der Waals surface area contributed by atoms with Crippen LogP contribution in [0.25, 0.3) is 0 Å². The van der Waals surface area contributed by atoms with Crippen LogP contribution in [0.1, 0.15) is 19.8 Å². The van der Waals surface area contributed by atoms with Crippen molar-refractivity contribution < 1.29 is 0 Å². The maximum absolute atomic E-state index is 3.61. The zero-order chi connectivity index (χ0) is 7.68. The van der Waals surface area contributed by atoms with Gasteiger partial charge in [0.2, 0.25) is 0 Å². The number of nitrogens with one attached hydrogen (secondary N) is 2. The van der Waals surface area contributed by atoms with E-state index in [1.165, 1.54) is 32.5 Å². The molecule has 1 saturated carbocycles. The molecule has 1 saturated heterocycles. The SMILES string of the molecule is CC1CC1CN[C@H]1CCNC1. The van der Waals surface area contributed by atoms with Crippen molar-refractivity contribution >= 4 is 0 Å². The molecule has 0 aromatic rings. The Balaban J connectivity index is 1.59. The molecular formula is C9H18N2. The molecule has 0 bridgehead atoms. The first kappa shape index (κ1) is 7.56. The lowest BCUT2D eigenvalue weighted by molar-refractivity contribution is 0.516. The third kappa shape index (κ3) is 1.94. The Morgan fingerprint density at radius 2 is 2.36 bits per heavy atom. The zero-order valence-corrected chi connectivity index (χ0v) is 7.27. The molecule has 1 aliphatic heterocycles. The maximum Gasteiger partial charge on any atom is 0.0204 e. The second-order valence-electron chi connectivity index (χ2n) is 4.07. The Labute approximate surface area is 68.7 Å². The quantitative estimate of drug-likeness (QED) is 0.622. The normalized spacial score (nSPS) is 42.8. The molecule has 3 atom stereocenters. The lowest BCUT2D eigenvalue weighted by Crippen LogP contribution is -2.32. The predicted octanol–water partition coefficient (Wildman–Crippen LogP) is 0.594. The molecule has 64 valence electrons. The molecule has 2 nitrogen and oxygen atoms in total. The van der Waals surface area contributed by atoms with Gasteiger partial charge in [0.05, 0.1) is 0 Å². The fourth-order valence-corrected chi connectivity index (χ4v) is 1.83. The highest BCUT2D eigenvalue weighted by Crippen LogP contribution is 2.36. The maximum atomic E-state index is 3.61. The molecule has 0 amide bonds. The summed E-state index contributed by atoms with van der Waals surface area (Å²) in [4.78, 5) is 0. The van der Waals surface area contributed by atoms with E-state index in [9.17, 15) is 0 Å². The summed E-state index contributed by atoms with van der Waals surface area (Å²) in [6.45, 7) is 5.99. The van der Waals surface area contributed by atoms with Gasteiger partial charge in [0.15, 0.2) is 0 Å². The molecule has 2 N–H and O–H groups in total. The molecule has 0 aromatic heterocycles. The first-order valence-corrected chi connectivity index (χ1v) is 4.80. The average molecular weight is 154 g/mol. The molecular weight excluding hydrogens is 136 g/mol. The summed E-state index contributed by atoms with van der Waals surface area (Å²) in [6.07, 6.45) is 2.77. The van der Waals surface area contributed by atoms with Crippen LogP contribution in [0.15, 0.2) is 0 Å². The van der Waals surface area contributed by atoms with Crippen molar-refractivity contribution in [2.24, 2.45) is 11.8 Å². The summed E-state index contributed by atoms with van der Waals surface area (Å²) in [6, 6.07) is 0.766. The van der Waals surface area contributed by atoms with Crippen molar-refractivity contribution in [2.75, 3.05) is 19.6 Å². The van der Waals surface area contributed by atoms with Crippen molar-refractivity contribution in [1.29, 1.82) is 0 Å². The summed E-state index contributed by atoms with van der Waals surface area (Å²) in [5, 5.41) is 6.98. The summed E-state index contributed by atoms with van der Waals surface area (Å²) in [7, 11) is 0. The molecule has 0 radical (unpaired) electrons. The van der Waals surface area contributed by atoms with E-state index in [-0.39, 0.29) is 0 Å². The standard InChI is InChI=1S/C9H18N2/c1-7-4-8(7)5-11-9-2-3-10-6-9/h7-11H,2-6H2,1H3/t7?,8?,9-/m0/s1. The van der Waals surface area contributed by atoms with Crippen molar-refractivity contribution in [1.82, 2.24) is 10.6 Å². The van der Waals surface area contributed by atoms with Crippen LogP contribution in [0.5, 0.6) is 0 Å². The smallest absolute Gasteiger partial charge is 0.0204 e. The van der Waals surface area contributed by atoms with Crippen LogP contribution < -0.4 is 10.6 Å². The van der Waals surface area contributed by atoms with Crippen LogP contribution in [0, 0.1) is 11.8 Å². The first-order valence-electron chi connectivity index (χ1n) is 4.80. The second-order valence-corrected chi connectivity index (χ2v) is 4.07. The molecule has 0 spiro atoms. The highest BCUT2D eigenvalue weighted by Gasteiger charge is 2.32. The molecule has 2 aliphatic rings. The van der Waals surface area contributed by atoms with Gasteiger partial charge in [0.1, 0.15) is 0 Å².